The molecule has 1 amide bonds. The number of likely N-dealkylation sites (tertiary alicyclic amines) is 1. The number of nitrogens with zero attached hydrogens (tertiary/aromatic N) is 6. The normalized spacial score (nSPS) is 27.8. The molecule has 2 aromatic heterocycles. The molecule has 9 nitrogen and oxygen atoms in total. The number of alkyl halides is 2. The number of anilines is 1. The van der Waals surface area contributed by atoms with Gasteiger partial charge in [0.1, 0.15) is 5.82 Å². The number of carbonyl (C=O) groups excluding carboxylic acids is 1. The maximum Gasteiger partial charge on any atom is 0.267 e. The van der Waals surface area contributed by atoms with Gasteiger partial charge in [-0.25, -0.2) is 8.78 Å². The van der Waals surface area contributed by atoms with Crippen LogP contribution in [0.25, 0.3) is 5.65 Å². The van der Waals surface area contributed by atoms with E-state index in [1.807, 2.05) is 0 Å². The Morgan fingerprint density at radius 1 is 1.44 bits per heavy atom. The summed E-state index contributed by atoms with van der Waals surface area (Å²) in [7, 11) is 0. The van der Waals surface area contributed by atoms with Gasteiger partial charge >= 0.3 is 0 Å². The third kappa shape index (κ3) is 3.68. The van der Waals surface area contributed by atoms with Crippen molar-refractivity contribution < 1.29 is 18.3 Å². The average Bonchev–Trinajstić information content (AvgIpc) is 3.30. The zero-order valence-electron chi connectivity index (χ0n) is 14.9. The lowest BCUT2D eigenvalue weighted by molar-refractivity contribution is -0.152. The zero-order valence-corrected chi connectivity index (χ0v) is 14.9. The van der Waals surface area contributed by atoms with E-state index in [0.717, 1.165) is 0 Å². The summed E-state index contributed by atoms with van der Waals surface area (Å²) in [6.07, 6.45) is 0.633. The van der Waals surface area contributed by atoms with Crippen LogP contribution >= 0.6 is 0 Å². The smallest absolute Gasteiger partial charge is 0.267 e. The van der Waals surface area contributed by atoms with E-state index in [4.69, 9.17) is 4.74 Å². The maximum absolute atomic E-state index is 13.9. The van der Waals surface area contributed by atoms with Crippen LogP contribution in [0, 0.1) is 11.8 Å². The number of carbonyl (C=O) groups is 1. The Labute approximate surface area is 154 Å². The highest BCUT2D eigenvalue weighted by molar-refractivity contribution is 5.79. The minimum Gasteiger partial charge on any atom is -0.376 e. The van der Waals surface area contributed by atoms with Gasteiger partial charge in [-0.05, 0) is 35.4 Å². The van der Waals surface area contributed by atoms with Gasteiger partial charge in [0.15, 0.2) is 5.65 Å². The Balaban J connectivity index is 1.30. The number of piperidine rings is 1. The fraction of sp³-hybridized carbons (Fsp3) is 0.688. The second-order valence-electron chi connectivity index (χ2n) is 7.22. The molecule has 0 spiro atoms. The quantitative estimate of drug-likeness (QED) is 0.838. The third-order valence-electron chi connectivity index (χ3n) is 5.28. The van der Waals surface area contributed by atoms with Gasteiger partial charge in [-0.1, -0.05) is 6.92 Å². The summed E-state index contributed by atoms with van der Waals surface area (Å²) < 4.78 is 34.8. The number of halogens is 2. The molecule has 3 atom stereocenters. The van der Waals surface area contributed by atoms with E-state index < -0.39 is 18.4 Å². The van der Waals surface area contributed by atoms with Crippen molar-refractivity contribution in [3.05, 3.63) is 12.1 Å². The third-order valence-corrected chi connectivity index (χ3v) is 5.28. The van der Waals surface area contributed by atoms with E-state index >= 15 is 0 Å². The Hall–Kier alpha value is -2.43. The van der Waals surface area contributed by atoms with Crippen LogP contribution in [0.2, 0.25) is 0 Å². The number of amides is 1. The first-order valence-electron chi connectivity index (χ1n) is 9.00. The van der Waals surface area contributed by atoms with Gasteiger partial charge in [-0.3, -0.25) is 4.79 Å². The number of rotatable bonds is 4. The van der Waals surface area contributed by atoms with Crippen LogP contribution in [0.3, 0.4) is 0 Å². The summed E-state index contributed by atoms with van der Waals surface area (Å²) in [6, 6.07) is 3.48. The van der Waals surface area contributed by atoms with Gasteiger partial charge in [-0.2, -0.15) is 0 Å². The molecule has 2 aromatic rings. The molecule has 0 aliphatic carbocycles. The van der Waals surface area contributed by atoms with E-state index in [0.29, 0.717) is 37.4 Å². The van der Waals surface area contributed by atoms with Crippen LogP contribution in [0.15, 0.2) is 12.1 Å². The number of aromatic nitrogens is 5. The highest BCUT2D eigenvalue weighted by Gasteiger charge is 2.45. The summed E-state index contributed by atoms with van der Waals surface area (Å²) in [5.74, 6) is -3.55. The molecule has 11 heteroatoms. The second kappa shape index (κ2) is 6.95. The van der Waals surface area contributed by atoms with Crippen molar-refractivity contribution >= 4 is 17.4 Å². The van der Waals surface area contributed by atoms with Crippen LogP contribution in [-0.4, -0.2) is 74.3 Å². The first kappa shape index (κ1) is 18.0. The summed E-state index contributed by atoms with van der Waals surface area (Å²) in [4.78, 5) is 13.9. The molecule has 146 valence electrons. The number of nitrogens with one attached hydrogen (secondary N) is 1. The molecule has 2 aliphatic rings. The molecule has 0 radical (unpaired) electrons. The predicted molar refractivity (Wildman–Crippen MR) is 90.2 cm³/mol. The molecule has 0 bridgehead atoms. The molecule has 4 heterocycles. The van der Waals surface area contributed by atoms with Crippen LogP contribution in [0.1, 0.15) is 19.8 Å². The number of fused-ring (bicyclic) bond motifs is 1. The minimum absolute atomic E-state index is 0.186. The van der Waals surface area contributed by atoms with Crippen LogP contribution in [-0.2, 0) is 9.53 Å². The van der Waals surface area contributed by atoms with Crippen molar-refractivity contribution in [2.75, 3.05) is 31.6 Å². The fourth-order valence-corrected chi connectivity index (χ4v) is 3.48. The largest absolute Gasteiger partial charge is 0.376 e. The standard InChI is InChI=1S/C16H21F2N7O2/c1-10-4-5-24(9-16(10,17)18)15(26)11-6-12(27-8-11)7-19-13-2-3-14-20-22-23-25(14)21-13/h2-3,10-12H,4-9H2,1H3,(H,19,21)/t10?,11-,12-/m0/s1. The molecular formula is C16H21F2N7O2. The number of hydrogen-bond acceptors (Lipinski definition) is 7. The van der Waals surface area contributed by atoms with Crippen molar-refractivity contribution in [1.29, 1.82) is 0 Å². The van der Waals surface area contributed by atoms with Crippen molar-refractivity contribution in [3.63, 3.8) is 0 Å². The van der Waals surface area contributed by atoms with Gasteiger partial charge in [0.05, 0.1) is 25.2 Å². The summed E-state index contributed by atoms with van der Waals surface area (Å²) >= 11 is 0. The zero-order chi connectivity index (χ0) is 19.0. The first-order valence-corrected chi connectivity index (χ1v) is 9.00. The van der Waals surface area contributed by atoms with Gasteiger partial charge in [0, 0.05) is 19.0 Å². The topological polar surface area (TPSA) is 97.5 Å². The van der Waals surface area contributed by atoms with Crippen molar-refractivity contribution in [1.82, 2.24) is 30.2 Å². The highest BCUT2D eigenvalue weighted by atomic mass is 19.3. The first-order chi connectivity index (χ1) is 12.9. The van der Waals surface area contributed by atoms with E-state index in [2.05, 4.69) is 25.9 Å². The van der Waals surface area contributed by atoms with E-state index in [1.54, 1.807) is 12.1 Å². The predicted octanol–water partition coefficient (Wildman–Crippen LogP) is 0.840. The van der Waals surface area contributed by atoms with Gasteiger partial charge in [0.2, 0.25) is 5.91 Å². The number of hydrogen-bond donors (Lipinski definition) is 1. The molecule has 0 aromatic carbocycles. The molecule has 2 saturated heterocycles. The van der Waals surface area contributed by atoms with Gasteiger partial charge in [-0.15, -0.1) is 14.8 Å². The number of ether oxygens (including phenoxy) is 1. The summed E-state index contributed by atoms with van der Waals surface area (Å²) in [5.41, 5.74) is 0.538. The van der Waals surface area contributed by atoms with Gasteiger partial charge < -0.3 is 15.0 Å². The van der Waals surface area contributed by atoms with E-state index in [1.165, 1.54) is 16.5 Å². The lowest BCUT2D eigenvalue weighted by Gasteiger charge is -2.37. The lowest BCUT2D eigenvalue weighted by Crippen LogP contribution is -2.51. The fourth-order valence-electron chi connectivity index (χ4n) is 3.48. The highest BCUT2D eigenvalue weighted by Crippen LogP contribution is 2.34. The van der Waals surface area contributed by atoms with Crippen LogP contribution in [0.4, 0.5) is 14.6 Å². The Bertz CT molecular complexity index is 830. The summed E-state index contributed by atoms with van der Waals surface area (Å²) in [5, 5.41) is 18.4. The van der Waals surface area contributed by atoms with Crippen molar-refractivity contribution in [2.45, 2.75) is 31.8 Å². The average molecular weight is 381 g/mol. The van der Waals surface area contributed by atoms with Crippen LogP contribution in [0.5, 0.6) is 0 Å². The Morgan fingerprint density at radius 3 is 3.11 bits per heavy atom. The van der Waals surface area contributed by atoms with Crippen molar-refractivity contribution in [3.8, 4) is 0 Å². The number of tetrazole rings is 1. The molecule has 1 unspecified atom stereocenters. The van der Waals surface area contributed by atoms with E-state index in [-0.39, 0.29) is 24.5 Å². The lowest BCUT2D eigenvalue weighted by atomic mass is 9.93. The summed E-state index contributed by atoms with van der Waals surface area (Å²) in [6.45, 7) is 2.12. The van der Waals surface area contributed by atoms with Gasteiger partial charge in [0.25, 0.3) is 5.92 Å². The maximum atomic E-state index is 13.9. The van der Waals surface area contributed by atoms with E-state index in [9.17, 15) is 13.6 Å². The molecule has 27 heavy (non-hydrogen) atoms. The minimum atomic E-state index is -2.82. The molecule has 2 aliphatic heterocycles. The Morgan fingerprint density at radius 2 is 2.30 bits per heavy atom. The Kier molecular flexibility index (Phi) is 4.62. The van der Waals surface area contributed by atoms with Crippen LogP contribution < -0.4 is 5.32 Å². The molecule has 2 fully saturated rings. The molecule has 1 N–H and O–H groups in total. The molecule has 0 saturated carbocycles. The SMILES string of the molecule is CC1CCN(C(=O)[C@@H]2CO[C@H](CNc3ccc4nnnn4n3)C2)CC1(F)F. The molecular weight excluding hydrogens is 360 g/mol. The van der Waals surface area contributed by atoms with Crippen molar-refractivity contribution in [2.24, 2.45) is 11.8 Å². The molecule has 4 rings (SSSR count). The monoisotopic (exact) mass is 381 g/mol. The second-order valence-corrected chi connectivity index (χ2v) is 7.22.